The van der Waals surface area contributed by atoms with Gasteiger partial charge in [-0.1, -0.05) is 0 Å². The minimum absolute atomic E-state index is 0.0726. The second-order valence-corrected chi connectivity index (χ2v) is 8.82. The van der Waals surface area contributed by atoms with Gasteiger partial charge in [-0.3, -0.25) is 4.79 Å². The summed E-state index contributed by atoms with van der Waals surface area (Å²) in [5.41, 5.74) is 0.621. The van der Waals surface area contributed by atoms with Gasteiger partial charge in [0, 0.05) is 13.1 Å². The lowest BCUT2D eigenvalue weighted by molar-refractivity contribution is -0.124. The number of nitrogens with one attached hydrogen (secondary N) is 1. The maximum absolute atomic E-state index is 12.2. The molecule has 1 amide bonds. The van der Waals surface area contributed by atoms with Gasteiger partial charge >= 0.3 is 0 Å². The van der Waals surface area contributed by atoms with E-state index in [9.17, 15) is 13.2 Å². The van der Waals surface area contributed by atoms with E-state index in [1.54, 1.807) is 4.52 Å². The van der Waals surface area contributed by atoms with Crippen molar-refractivity contribution in [2.24, 2.45) is 5.92 Å². The number of carbonyl (C=O) groups is 1. The van der Waals surface area contributed by atoms with Gasteiger partial charge in [-0.2, -0.15) is 4.52 Å². The van der Waals surface area contributed by atoms with Crippen LogP contribution in [-0.2, 0) is 21.2 Å². The molecular weight excluding hydrogens is 344 g/mol. The van der Waals surface area contributed by atoms with E-state index in [0.717, 1.165) is 31.7 Å². The molecule has 10 heteroatoms. The van der Waals surface area contributed by atoms with Crippen molar-refractivity contribution < 1.29 is 13.2 Å². The number of carbonyl (C=O) groups excluding carboxylic acids is 1. The molecule has 0 aromatic carbocycles. The molecular formula is C15H20N6O3S. The second kappa shape index (κ2) is 6.25. The molecule has 2 aliphatic heterocycles. The fourth-order valence-electron chi connectivity index (χ4n) is 3.36. The summed E-state index contributed by atoms with van der Waals surface area (Å²) in [6.07, 6.45) is 2.70. The molecule has 2 aromatic rings. The normalized spacial score (nSPS) is 22.6. The van der Waals surface area contributed by atoms with E-state index in [0.29, 0.717) is 17.9 Å². The molecule has 0 radical (unpaired) electrons. The number of hydrogen-bond acceptors (Lipinski definition) is 7. The summed E-state index contributed by atoms with van der Waals surface area (Å²) in [7, 11) is -3.07. The minimum atomic E-state index is -3.07. The SMILES string of the molecule is O=C(NCc1nnc2ccc(N3CCCC3)nn12)C1CCS(=O)(=O)C1. The molecule has 0 spiro atoms. The monoisotopic (exact) mass is 364 g/mol. The van der Waals surface area contributed by atoms with E-state index >= 15 is 0 Å². The first-order valence-electron chi connectivity index (χ1n) is 8.46. The van der Waals surface area contributed by atoms with Crippen molar-refractivity contribution in [3.05, 3.63) is 18.0 Å². The summed E-state index contributed by atoms with van der Waals surface area (Å²) in [6.45, 7) is 2.15. The summed E-state index contributed by atoms with van der Waals surface area (Å²) in [5, 5.41) is 15.5. The van der Waals surface area contributed by atoms with Crippen molar-refractivity contribution in [2.45, 2.75) is 25.8 Å². The van der Waals surface area contributed by atoms with Crippen molar-refractivity contribution in [1.29, 1.82) is 0 Å². The first kappa shape index (κ1) is 16.2. The van der Waals surface area contributed by atoms with Gasteiger partial charge in [-0.25, -0.2) is 8.42 Å². The number of hydrogen-bond donors (Lipinski definition) is 1. The molecule has 2 saturated heterocycles. The van der Waals surface area contributed by atoms with E-state index in [-0.39, 0.29) is 24.0 Å². The zero-order valence-corrected chi connectivity index (χ0v) is 14.6. The second-order valence-electron chi connectivity index (χ2n) is 6.59. The van der Waals surface area contributed by atoms with Gasteiger partial charge in [0.2, 0.25) is 5.91 Å². The Labute approximate surface area is 145 Å². The van der Waals surface area contributed by atoms with Crippen LogP contribution in [0.2, 0.25) is 0 Å². The van der Waals surface area contributed by atoms with Crippen LogP contribution in [-0.4, -0.2) is 58.7 Å². The highest BCUT2D eigenvalue weighted by Crippen LogP contribution is 2.19. The van der Waals surface area contributed by atoms with Gasteiger partial charge in [-0.05, 0) is 31.4 Å². The van der Waals surface area contributed by atoms with E-state index in [1.807, 2.05) is 12.1 Å². The standard InChI is InChI=1S/C15H20N6O3S/c22-15(11-5-8-25(23,24)10-11)16-9-14-18-17-12-3-4-13(19-21(12)14)20-6-1-2-7-20/h3-4,11H,1-2,5-10H2,(H,16,22). The summed E-state index contributed by atoms with van der Waals surface area (Å²) in [5.74, 6) is 0.687. The van der Waals surface area contributed by atoms with Gasteiger partial charge in [-0.15, -0.1) is 15.3 Å². The predicted molar refractivity (Wildman–Crippen MR) is 90.8 cm³/mol. The predicted octanol–water partition coefficient (Wildman–Crippen LogP) is -0.225. The van der Waals surface area contributed by atoms with E-state index in [1.165, 1.54) is 0 Å². The van der Waals surface area contributed by atoms with Crippen LogP contribution in [0.4, 0.5) is 5.82 Å². The lowest BCUT2D eigenvalue weighted by atomic mass is 10.1. The average molecular weight is 364 g/mol. The Hall–Kier alpha value is -2.23. The van der Waals surface area contributed by atoms with Crippen LogP contribution >= 0.6 is 0 Å². The zero-order chi connectivity index (χ0) is 17.4. The Morgan fingerprint density at radius 1 is 1.24 bits per heavy atom. The Morgan fingerprint density at radius 2 is 2.04 bits per heavy atom. The highest BCUT2D eigenvalue weighted by Gasteiger charge is 2.32. The number of amides is 1. The summed E-state index contributed by atoms with van der Waals surface area (Å²) in [4.78, 5) is 14.4. The van der Waals surface area contributed by atoms with Crippen molar-refractivity contribution in [2.75, 3.05) is 29.5 Å². The molecule has 2 aromatic heterocycles. The lowest BCUT2D eigenvalue weighted by Gasteiger charge is -2.16. The Bertz CT molecular complexity index is 903. The summed E-state index contributed by atoms with van der Waals surface area (Å²) >= 11 is 0. The van der Waals surface area contributed by atoms with Crippen LogP contribution < -0.4 is 10.2 Å². The van der Waals surface area contributed by atoms with Crippen LogP contribution in [0.25, 0.3) is 5.65 Å². The van der Waals surface area contributed by atoms with Crippen LogP contribution in [0.5, 0.6) is 0 Å². The minimum Gasteiger partial charge on any atom is -0.355 e. The number of nitrogens with zero attached hydrogens (tertiary/aromatic N) is 5. The number of anilines is 1. The molecule has 0 saturated carbocycles. The van der Waals surface area contributed by atoms with Crippen molar-refractivity contribution in [3.8, 4) is 0 Å². The van der Waals surface area contributed by atoms with Crippen LogP contribution in [0.1, 0.15) is 25.1 Å². The van der Waals surface area contributed by atoms with Gasteiger partial charge in [0.1, 0.15) is 5.82 Å². The molecule has 4 rings (SSSR count). The highest BCUT2D eigenvalue weighted by molar-refractivity contribution is 7.91. The molecule has 0 bridgehead atoms. The van der Waals surface area contributed by atoms with Gasteiger partial charge < -0.3 is 10.2 Å². The Kier molecular flexibility index (Phi) is 4.06. The fourth-order valence-corrected chi connectivity index (χ4v) is 5.10. The van der Waals surface area contributed by atoms with Crippen LogP contribution in [0.3, 0.4) is 0 Å². The smallest absolute Gasteiger partial charge is 0.224 e. The first-order chi connectivity index (χ1) is 12.0. The third kappa shape index (κ3) is 3.30. The Balaban J connectivity index is 1.47. The molecule has 2 aliphatic rings. The van der Waals surface area contributed by atoms with Crippen LogP contribution in [0.15, 0.2) is 12.1 Å². The number of fused-ring (bicyclic) bond motifs is 1. The van der Waals surface area contributed by atoms with Crippen molar-refractivity contribution >= 4 is 27.2 Å². The van der Waals surface area contributed by atoms with E-state index in [2.05, 4.69) is 25.5 Å². The average Bonchev–Trinajstić information content (AvgIpc) is 3.31. The molecule has 25 heavy (non-hydrogen) atoms. The Morgan fingerprint density at radius 3 is 2.76 bits per heavy atom. The summed E-state index contributed by atoms with van der Waals surface area (Å²) < 4.78 is 24.6. The quantitative estimate of drug-likeness (QED) is 0.798. The molecule has 4 heterocycles. The largest absolute Gasteiger partial charge is 0.355 e. The zero-order valence-electron chi connectivity index (χ0n) is 13.8. The van der Waals surface area contributed by atoms with E-state index < -0.39 is 15.8 Å². The number of aromatic nitrogens is 4. The maximum Gasteiger partial charge on any atom is 0.224 e. The van der Waals surface area contributed by atoms with Crippen molar-refractivity contribution in [1.82, 2.24) is 25.1 Å². The molecule has 1 atom stereocenters. The van der Waals surface area contributed by atoms with Gasteiger partial charge in [0.15, 0.2) is 21.3 Å². The van der Waals surface area contributed by atoms with E-state index in [4.69, 9.17) is 0 Å². The highest BCUT2D eigenvalue weighted by atomic mass is 32.2. The molecule has 134 valence electrons. The number of rotatable bonds is 4. The maximum atomic E-state index is 12.2. The summed E-state index contributed by atoms with van der Waals surface area (Å²) in [6, 6.07) is 3.80. The molecule has 1 unspecified atom stereocenters. The van der Waals surface area contributed by atoms with Gasteiger partial charge in [0.25, 0.3) is 0 Å². The topological polar surface area (TPSA) is 110 Å². The molecule has 0 aliphatic carbocycles. The van der Waals surface area contributed by atoms with Crippen molar-refractivity contribution in [3.63, 3.8) is 0 Å². The molecule has 2 fully saturated rings. The molecule has 1 N–H and O–H groups in total. The van der Waals surface area contributed by atoms with Crippen LogP contribution in [0, 0.1) is 5.92 Å². The first-order valence-corrected chi connectivity index (χ1v) is 10.3. The fraction of sp³-hybridized carbons (Fsp3) is 0.600. The third-order valence-corrected chi connectivity index (χ3v) is 6.54. The third-order valence-electron chi connectivity index (χ3n) is 4.77. The molecule has 9 nitrogen and oxygen atoms in total. The van der Waals surface area contributed by atoms with Gasteiger partial charge in [0.05, 0.1) is 24.0 Å². The lowest BCUT2D eigenvalue weighted by Crippen LogP contribution is -2.31. The number of sulfone groups is 1.